The minimum absolute atomic E-state index is 0.0410. The first-order chi connectivity index (χ1) is 16.2. The Morgan fingerprint density at radius 2 is 1.59 bits per heavy atom. The Morgan fingerprint density at radius 3 is 2.21 bits per heavy atom. The number of rotatable bonds is 7. The maximum Gasteiger partial charge on any atom is 0.319 e. The summed E-state index contributed by atoms with van der Waals surface area (Å²) in [5, 5.41) is 8.70. The number of nitrogens with zero attached hydrogens (tertiary/aromatic N) is 1. The first-order valence-electron chi connectivity index (χ1n) is 12.0. The van der Waals surface area contributed by atoms with Crippen LogP contribution in [0.2, 0.25) is 0 Å². The molecule has 2 aromatic carbocycles. The molecule has 7 nitrogen and oxygen atoms in total. The molecule has 0 aliphatic carbocycles. The minimum Gasteiger partial charge on any atom is -0.341 e. The van der Waals surface area contributed by atoms with Crippen LogP contribution in [0.3, 0.4) is 0 Å². The minimum atomic E-state index is -0.592. The third kappa shape index (κ3) is 7.07. The van der Waals surface area contributed by atoms with Crippen LogP contribution < -0.4 is 16.0 Å². The van der Waals surface area contributed by atoms with Crippen LogP contribution in [-0.4, -0.2) is 48.4 Å². The van der Waals surface area contributed by atoms with Gasteiger partial charge >= 0.3 is 6.03 Å². The number of carbonyl (C=O) groups excluding carboxylic acids is 3. The monoisotopic (exact) mass is 464 g/mol. The molecule has 0 aromatic heterocycles. The van der Waals surface area contributed by atoms with Crippen molar-refractivity contribution < 1.29 is 14.4 Å². The summed E-state index contributed by atoms with van der Waals surface area (Å²) in [5.74, 6) is -0.179. The molecule has 1 aliphatic rings. The van der Waals surface area contributed by atoms with Crippen molar-refractivity contribution in [2.75, 3.05) is 25.0 Å². The summed E-state index contributed by atoms with van der Waals surface area (Å²) in [6.45, 7) is 9.56. The van der Waals surface area contributed by atoms with Gasteiger partial charge in [0.25, 0.3) is 5.91 Å². The molecule has 0 spiro atoms. The molecule has 3 rings (SSSR count). The summed E-state index contributed by atoms with van der Waals surface area (Å²) in [6.07, 6.45) is 1.81. The van der Waals surface area contributed by atoms with Crippen LogP contribution in [0.5, 0.6) is 0 Å². The summed E-state index contributed by atoms with van der Waals surface area (Å²) in [6, 6.07) is 14.1. The molecule has 2 aromatic rings. The highest BCUT2D eigenvalue weighted by atomic mass is 16.2. The standard InChI is InChI=1S/C27H36N4O3/c1-18(2)24(30-25(32)22-11-7-19(3)8-12-22)26(33)31-15-5-6-21(17-31)16-28-27(34)29-23-13-9-20(4)10-14-23/h7-14,18,21,24H,5-6,15-17H2,1-4H3,(H,30,32)(H2,28,29,34)/t21-,24+/m1/s1. The summed E-state index contributed by atoms with van der Waals surface area (Å²) in [4.78, 5) is 40.2. The molecule has 1 fully saturated rings. The Hall–Kier alpha value is -3.35. The van der Waals surface area contributed by atoms with Crippen molar-refractivity contribution in [3.63, 3.8) is 0 Å². The predicted molar refractivity (Wildman–Crippen MR) is 135 cm³/mol. The third-order valence-corrected chi connectivity index (χ3v) is 6.22. The van der Waals surface area contributed by atoms with Gasteiger partial charge in [-0.3, -0.25) is 9.59 Å². The van der Waals surface area contributed by atoms with Gasteiger partial charge in [-0.15, -0.1) is 0 Å². The van der Waals surface area contributed by atoms with Gasteiger partial charge in [0, 0.05) is 30.9 Å². The molecule has 34 heavy (non-hydrogen) atoms. The van der Waals surface area contributed by atoms with E-state index in [1.165, 1.54) is 0 Å². The Labute approximate surface area is 202 Å². The molecular weight excluding hydrogens is 428 g/mol. The average Bonchev–Trinajstić information content (AvgIpc) is 2.82. The zero-order chi connectivity index (χ0) is 24.7. The second-order valence-electron chi connectivity index (χ2n) is 9.55. The lowest BCUT2D eigenvalue weighted by molar-refractivity contribution is -0.136. The summed E-state index contributed by atoms with van der Waals surface area (Å²) < 4.78 is 0. The Kier molecular flexibility index (Phi) is 8.68. The van der Waals surface area contributed by atoms with Gasteiger partial charge in [-0.05, 0) is 62.8 Å². The van der Waals surface area contributed by atoms with Crippen molar-refractivity contribution in [1.82, 2.24) is 15.5 Å². The van der Waals surface area contributed by atoms with Crippen LogP contribution >= 0.6 is 0 Å². The van der Waals surface area contributed by atoms with Gasteiger partial charge in [-0.2, -0.15) is 0 Å². The highest BCUT2D eigenvalue weighted by Gasteiger charge is 2.32. The number of amides is 4. The van der Waals surface area contributed by atoms with Gasteiger partial charge < -0.3 is 20.9 Å². The molecule has 1 saturated heterocycles. The lowest BCUT2D eigenvalue weighted by Gasteiger charge is -2.36. The van der Waals surface area contributed by atoms with Crippen LogP contribution in [0.1, 0.15) is 48.2 Å². The fraction of sp³-hybridized carbons (Fsp3) is 0.444. The zero-order valence-corrected chi connectivity index (χ0v) is 20.6. The Balaban J connectivity index is 1.53. The van der Waals surface area contributed by atoms with Crippen molar-refractivity contribution in [2.24, 2.45) is 11.8 Å². The fourth-order valence-electron chi connectivity index (χ4n) is 4.12. The van der Waals surface area contributed by atoms with Gasteiger partial charge in [0.2, 0.25) is 5.91 Å². The average molecular weight is 465 g/mol. The molecule has 182 valence electrons. The quantitative estimate of drug-likeness (QED) is 0.576. The molecule has 1 aliphatic heterocycles. The van der Waals surface area contributed by atoms with Crippen molar-refractivity contribution in [2.45, 2.75) is 46.6 Å². The zero-order valence-electron chi connectivity index (χ0n) is 20.6. The molecule has 3 N–H and O–H groups in total. The van der Waals surface area contributed by atoms with Crippen LogP contribution in [0, 0.1) is 25.7 Å². The van der Waals surface area contributed by atoms with E-state index in [4.69, 9.17) is 0 Å². The van der Waals surface area contributed by atoms with Gasteiger partial charge in [-0.25, -0.2) is 4.79 Å². The highest BCUT2D eigenvalue weighted by Crippen LogP contribution is 2.19. The van der Waals surface area contributed by atoms with E-state index in [0.29, 0.717) is 25.2 Å². The highest BCUT2D eigenvalue weighted by molar-refractivity contribution is 5.97. The topological polar surface area (TPSA) is 90.5 Å². The summed E-state index contributed by atoms with van der Waals surface area (Å²) >= 11 is 0. The first kappa shape index (κ1) is 25.3. The number of likely N-dealkylation sites (tertiary alicyclic amines) is 1. The molecule has 0 saturated carbocycles. The van der Waals surface area contributed by atoms with E-state index in [0.717, 1.165) is 29.7 Å². The number of hydrogen-bond acceptors (Lipinski definition) is 3. The molecule has 4 amide bonds. The lowest BCUT2D eigenvalue weighted by Crippen LogP contribution is -2.54. The largest absolute Gasteiger partial charge is 0.341 e. The van der Waals surface area contributed by atoms with Crippen LogP contribution in [0.4, 0.5) is 10.5 Å². The van der Waals surface area contributed by atoms with Crippen LogP contribution in [-0.2, 0) is 4.79 Å². The van der Waals surface area contributed by atoms with Gasteiger partial charge in [0.1, 0.15) is 6.04 Å². The van der Waals surface area contributed by atoms with Gasteiger partial charge in [-0.1, -0.05) is 49.2 Å². The van der Waals surface area contributed by atoms with Gasteiger partial charge in [0.05, 0.1) is 0 Å². The molecular formula is C27H36N4O3. The van der Waals surface area contributed by atoms with E-state index >= 15 is 0 Å². The number of piperidine rings is 1. The van der Waals surface area contributed by atoms with Crippen LogP contribution in [0.25, 0.3) is 0 Å². The molecule has 0 bridgehead atoms. The van der Waals surface area contributed by atoms with E-state index in [1.54, 1.807) is 12.1 Å². The number of benzene rings is 2. The fourth-order valence-corrected chi connectivity index (χ4v) is 4.12. The number of carbonyl (C=O) groups is 3. The molecule has 1 heterocycles. The lowest BCUT2D eigenvalue weighted by atomic mass is 9.95. The molecule has 7 heteroatoms. The van der Waals surface area contributed by atoms with E-state index in [-0.39, 0.29) is 29.7 Å². The first-order valence-corrected chi connectivity index (χ1v) is 12.0. The number of urea groups is 1. The number of hydrogen-bond donors (Lipinski definition) is 3. The molecule has 0 radical (unpaired) electrons. The SMILES string of the molecule is Cc1ccc(NC(=O)NC[C@H]2CCCN(C(=O)[C@@H](NC(=O)c3ccc(C)cc3)C(C)C)C2)cc1. The second kappa shape index (κ2) is 11.7. The predicted octanol–water partition coefficient (Wildman–Crippen LogP) is 4.12. The number of anilines is 1. The molecule has 0 unspecified atom stereocenters. The summed E-state index contributed by atoms with van der Waals surface area (Å²) in [7, 11) is 0. The normalized spacial score (nSPS) is 16.6. The second-order valence-corrected chi connectivity index (χ2v) is 9.55. The van der Waals surface area contributed by atoms with E-state index < -0.39 is 6.04 Å². The van der Waals surface area contributed by atoms with Crippen molar-refractivity contribution in [3.05, 3.63) is 65.2 Å². The smallest absolute Gasteiger partial charge is 0.319 e. The van der Waals surface area contributed by atoms with Gasteiger partial charge in [0.15, 0.2) is 0 Å². The van der Waals surface area contributed by atoms with Crippen molar-refractivity contribution in [3.8, 4) is 0 Å². The van der Waals surface area contributed by atoms with E-state index in [9.17, 15) is 14.4 Å². The maximum absolute atomic E-state index is 13.3. The van der Waals surface area contributed by atoms with Crippen molar-refractivity contribution >= 4 is 23.5 Å². The molecule has 2 atom stereocenters. The Bertz CT molecular complexity index is 986. The maximum atomic E-state index is 13.3. The van der Waals surface area contributed by atoms with Crippen LogP contribution in [0.15, 0.2) is 48.5 Å². The Morgan fingerprint density at radius 1 is 0.971 bits per heavy atom. The van der Waals surface area contributed by atoms with Crippen molar-refractivity contribution in [1.29, 1.82) is 0 Å². The third-order valence-electron chi connectivity index (χ3n) is 6.22. The summed E-state index contributed by atoms with van der Waals surface area (Å²) in [5.41, 5.74) is 3.50. The van der Waals surface area contributed by atoms with E-state index in [2.05, 4.69) is 16.0 Å². The van der Waals surface area contributed by atoms with E-state index in [1.807, 2.05) is 69.0 Å². The number of nitrogens with one attached hydrogen (secondary N) is 3. The number of aryl methyl sites for hydroxylation is 2.